The smallest absolute Gasteiger partial charge is 0.286 e. The van der Waals surface area contributed by atoms with Crippen LogP contribution in [0.1, 0.15) is 19.5 Å². The van der Waals surface area contributed by atoms with Crippen molar-refractivity contribution in [2.45, 2.75) is 19.6 Å². The Balaban J connectivity index is 2.33. The van der Waals surface area contributed by atoms with Gasteiger partial charge in [0.1, 0.15) is 4.47 Å². The molecule has 1 aromatic carbocycles. The Kier molecular flexibility index (Phi) is 7.34. The molecule has 1 aromatic heterocycles. The zero-order valence-corrected chi connectivity index (χ0v) is 17.9. The zero-order chi connectivity index (χ0) is 17.7. The van der Waals surface area contributed by atoms with Crippen molar-refractivity contribution in [3.8, 4) is 5.69 Å². The molecule has 0 radical (unpaired) electrons. The summed E-state index contributed by atoms with van der Waals surface area (Å²) in [5.41, 5.74) is -0.829. The second kappa shape index (κ2) is 8.83. The van der Waals surface area contributed by atoms with Crippen molar-refractivity contribution < 1.29 is 9.05 Å². The second-order valence-corrected chi connectivity index (χ2v) is 11.9. The molecular weight excluding hydrogens is 431 g/mol. The van der Waals surface area contributed by atoms with E-state index in [0.29, 0.717) is 23.4 Å². The summed E-state index contributed by atoms with van der Waals surface area (Å²) >= 11 is 10.4. The van der Waals surface area contributed by atoms with E-state index in [9.17, 15) is 4.79 Å². The van der Waals surface area contributed by atoms with Crippen molar-refractivity contribution in [1.29, 1.82) is 0 Å². The molecular formula is C15H20BrN2O3PS2. The molecule has 0 fully saturated rings. The summed E-state index contributed by atoms with van der Waals surface area (Å²) in [5.74, 6) is 0.531. The molecule has 0 aliphatic rings. The highest BCUT2D eigenvalue weighted by molar-refractivity contribution is 9.10. The summed E-state index contributed by atoms with van der Waals surface area (Å²) < 4.78 is 15.3. The fourth-order valence-corrected chi connectivity index (χ4v) is 7.45. The van der Waals surface area contributed by atoms with Crippen LogP contribution < -0.4 is 5.56 Å². The van der Waals surface area contributed by atoms with Gasteiger partial charge in [-0.15, -0.1) is 0 Å². The minimum absolute atomic E-state index is 0.0968. The fourth-order valence-electron chi connectivity index (χ4n) is 2.20. The predicted molar refractivity (Wildman–Crippen MR) is 108 cm³/mol. The Bertz CT molecular complexity index is 782. The van der Waals surface area contributed by atoms with Crippen molar-refractivity contribution in [3.63, 3.8) is 0 Å². The number of nitrogens with zero attached hydrogens (tertiary/aromatic N) is 2. The van der Waals surface area contributed by atoms with Crippen LogP contribution in [0.5, 0.6) is 0 Å². The van der Waals surface area contributed by atoms with Crippen LogP contribution in [0.3, 0.4) is 0 Å². The number of benzene rings is 1. The molecule has 24 heavy (non-hydrogen) atoms. The first-order valence-electron chi connectivity index (χ1n) is 7.49. The summed E-state index contributed by atoms with van der Waals surface area (Å²) in [6.07, 6.45) is 0. The topological polar surface area (TPSA) is 45.4 Å². The van der Waals surface area contributed by atoms with Gasteiger partial charge >= 0.3 is 0 Å². The van der Waals surface area contributed by atoms with E-state index in [2.05, 4.69) is 15.9 Å². The molecule has 0 bridgehead atoms. The summed E-state index contributed by atoms with van der Waals surface area (Å²) in [5, 5.41) is 0. The Hall–Kier alpha value is -0.370. The third-order valence-corrected chi connectivity index (χ3v) is 9.47. The molecule has 0 aliphatic carbocycles. The maximum absolute atomic E-state index is 12.6. The van der Waals surface area contributed by atoms with Gasteiger partial charge in [0.25, 0.3) is 5.56 Å². The summed E-state index contributed by atoms with van der Waals surface area (Å²) in [6.45, 7) is 4.82. The fraction of sp³-hybridized carbons (Fsp3) is 0.400. The number of aromatic nitrogens is 2. The molecule has 132 valence electrons. The summed E-state index contributed by atoms with van der Waals surface area (Å²) in [4.78, 5) is 12.6. The van der Waals surface area contributed by atoms with Crippen molar-refractivity contribution in [1.82, 2.24) is 9.36 Å². The second-order valence-electron chi connectivity index (χ2n) is 4.79. The molecule has 5 nitrogen and oxygen atoms in total. The van der Waals surface area contributed by atoms with Crippen LogP contribution in [0.25, 0.3) is 5.69 Å². The van der Waals surface area contributed by atoms with E-state index in [0.717, 1.165) is 11.4 Å². The molecule has 0 atom stereocenters. The molecule has 9 heteroatoms. The lowest BCUT2D eigenvalue weighted by atomic mass is 10.3. The highest BCUT2D eigenvalue weighted by Gasteiger charge is 2.23. The summed E-state index contributed by atoms with van der Waals surface area (Å²) in [7, 11) is 1.86. The maximum Gasteiger partial charge on any atom is 0.286 e. The molecule has 0 aliphatic heterocycles. The van der Waals surface area contributed by atoms with Crippen LogP contribution in [0.2, 0.25) is 0 Å². The minimum Gasteiger partial charge on any atom is -0.322 e. The lowest BCUT2D eigenvalue weighted by Crippen LogP contribution is -2.19. The van der Waals surface area contributed by atoms with Crippen molar-refractivity contribution >= 4 is 44.8 Å². The Morgan fingerprint density at radius 3 is 2.33 bits per heavy atom. The lowest BCUT2D eigenvalue weighted by Gasteiger charge is -2.20. The molecule has 0 saturated heterocycles. The average molecular weight is 451 g/mol. The van der Waals surface area contributed by atoms with Gasteiger partial charge in [0, 0.05) is 12.8 Å². The predicted octanol–water partition coefficient (Wildman–Crippen LogP) is 4.47. The van der Waals surface area contributed by atoms with Crippen LogP contribution in [-0.2, 0) is 33.7 Å². The van der Waals surface area contributed by atoms with Gasteiger partial charge in [-0.05, 0) is 53.7 Å². The molecule has 0 unspecified atom stereocenters. The van der Waals surface area contributed by atoms with Crippen molar-refractivity contribution in [3.05, 3.63) is 50.9 Å². The van der Waals surface area contributed by atoms with Gasteiger partial charge in [0.2, 0.25) is 5.69 Å². The van der Waals surface area contributed by atoms with Crippen LogP contribution in [-0.4, -0.2) is 22.6 Å². The minimum atomic E-state index is -2.40. The van der Waals surface area contributed by atoms with Crippen LogP contribution >= 0.6 is 33.0 Å². The first kappa shape index (κ1) is 19.9. The number of hydrogen-bond acceptors (Lipinski definition) is 5. The van der Waals surface area contributed by atoms with Gasteiger partial charge in [-0.1, -0.05) is 29.6 Å². The number of halogens is 1. The van der Waals surface area contributed by atoms with E-state index in [1.165, 1.54) is 11.4 Å². The molecule has 0 saturated carbocycles. The third-order valence-electron chi connectivity index (χ3n) is 3.26. The van der Waals surface area contributed by atoms with E-state index in [-0.39, 0.29) is 5.56 Å². The number of para-hydroxylation sites is 1. The molecule has 2 aromatic rings. The number of hydrogen-bond donors (Lipinski definition) is 0. The SMILES string of the molecule is CCOP(=S)(OCC)SCc1c(Br)c(=O)n(-c2ccccc2)n1C. The largest absolute Gasteiger partial charge is 0.322 e. The van der Waals surface area contributed by atoms with Crippen molar-refractivity contribution in [2.24, 2.45) is 7.05 Å². The molecule has 0 N–H and O–H groups in total. The van der Waals surface area contributed by atoms with E-state index in [1.807, 2.05) is 55.9 Å². The monoisotopic (exact) mass is 450 g/mol. The van der Waals surface area contributed by atoms with Gasteiger partial charge in [0.15, 0.2) is 0 Å². The highest BCUT2D eigenvalue weighted by atomic mass is 79.9. The van der Waals surface area contributed by atoms with Gasteiger partial charge in [-0.3, -0.25) is 9.48 Å². The molecule has 0 spiro atoms. The number of rotatable bonds is 8. The van der Waals surface area contributed by atoms with Gasteiger partial charge in [-0.25, -0.2) is 4.68 Å². The van der Waals surface area contributed by atoms with E-state index >= 15 is 0 Å². The first-order chi connectivity index (χ1) is 11.4. The lowest BCUT2D eigenvalue weighted by molar-refractivity contribution is 0.280. The normalized spacial score (nSPS) is 11.8. The van der Waals surface area contributed by atoms with Gasteiger partial charge in [-0.2, -0.15) is 0 Å². The maximum atomic E-state index is 12.6. The Morgan fingerprint density at radius 2 is 1.79 bits per heavy atom. The van der Waals surface area contributed by atoms with E-state index in [1.54, 1.807) is 4.68 Å². The van der Waals surface area contributed by atoms with Gasteiger partial charge in [0.05, 0.1) is 24.6 Å². The molecule has 1 heterocycles. The first-order valence-corrected chi connectivity index (χ1v) is 12.5. The van der Waals surface area contributed by atoms with E-state index in [4.69, 9.17) is 20.9 Å². The molecule has 2 rings (SSSR count). The van der Waals surface area contributed by atoms with Crippen LogP contribution in [0.4, 0.5) is 0 Å². The Morgan fingerprint density at radius 1 is 1.21 bits per heavy atom. The highest BCUT2D eigenvalue weighted by Crippen LogP contribution is 2.62. The third kappa shape index (κ3) is 4.42. The average Bonchev–Trinajstić information content (AvgIpc) is 2.77. The quantitative estimate of drug-likeness (QED) is 0.555. The summed E-state index contributed by atoms with van der Waals surface area (Å²) in [6, 6.07) is 9.52. The van der Waals surface area contributed by atoms with E-state index < -0.39 is 5.69 Å². The van der Waals surface area contributed by atoms with Crippen LogP contribution in [0.15, 0.2) is 39.6 Å². The van der Waals surface area contributed by atoms with Crippen molar-refractivity contribution in [2.75, 3.05) is 13.2 Å². The standard InChI is InChI=1S/C15H20BrN2O3PS2/c1-4-20-22(23,21-5-2)24-11-13-14(16)15(19)18(17(13)3)12-9-7-6-8-10-12/h6-10H,4-5,11H2,1-3H3. The Labute approximate surface area is 159 Å². The molecule has 0 amide bonds. The van der Waals surface area contributed by atoms with Gasteiger partial charge < -0.3 is 9.05 Å². The van der Waals surface area contributed by atoms with Crippen LogP contribution in [0, 0.1) is 0 Å². The zero-order valence-electron chi connectivity index (χ0n) is 13.8.